The highest BCUT2D eigenvalue weighted by atomic mass is 35.5. The van der Waals surface area contributed by atoms with Crippen molar-refractivity contribution in [1.29, 1.82) is 0 Å². The number of rotatable bonds is 1. The number of carbonyl (C=O) groups excluding carboxylic acids is 1. The smallest absolute Gasteiger partial charge is 0.356 e. The van der Waals surface area contributed by atoms with E-state index in [2.05, 4.69) is 15.0 Å². The lowest BCUT2D eigenvalue weighted by atomic mass is 10.1. The van der Waals surface area contributed by atoms with Gasteiger partial charge in [-0.1, -0.05) is 6.07 Å². The molecule has 4 nitrogen and oxygen atoms in total. The number of aromatic nitrogens is 1. The van der Waals surface area contributed by atoms with Gasteiger partial charge in [-0.25, -0.2) is 9.78 Å². The predicted octanol–water partition coefficient (Wildman–Crippen LogP) is 1.36. The molecule has 0 saturated carbocycles. The van der Waals surface area contributed by atoms with Crippen LogP contribution in [-0.4, -0.2) is 24.6 Å². The topological polar surface area (TPSA) is 51.2 Å². The van der Waals surface area contributed by atoms with Crippen LogP contribution in [0.3, 0.4) is 0 Å². The van der Waals surface area contributed by atoms with E-state index in [0.717, 1.165) is 25.2 Å². The number of halogens is 2. The molecule has 1 aliphatic heterocycles. The summed E-state index contributed by atoms with van der Waals surface area (Å²) in [5.74, 6) is -0.377. The molecule has 2 rings (SSSR count). The van der Waals surface area contributed by atoms with E-state index >= 15 is 0 Å². The van der Waals surface area contributed by atoms with E-state index < -0.39 is 0 Å². The molecule has 0 bridgehead atoms. The number of hydrogen-bond acceptors (Lipinski definition) is 4. The summed E-state index contributed by atoms with van der Waals surface area (Å²) in [6.07, 6.45) is 0.976. The Morgan fingerprint density at radius 3 is 2.88 bits per heavy atom. The van der Waals surface area contributed by atoms with Crippen molar-refractivity contribution in [3.8, 4) is 0 Å². The van der Waals surface area contributed by atoms with Crippen molar-refractivity contribution >= 4 is 30.8 Å². The molecule has 0 aliphatic carbocycles. The summed E-state index contributed by atoms with van der Waals surface area (Å²) < 4.78 is 4.61. The second kappa shape index (κ2) is 6.68. The molecule has 0 saturated heterocycles. The predicted molar refractivity (Wildman–Crippen MR) is 65.5 cm³/mol. The van der Waals surface area contributed by atoms with Crippen molar-refractivity contribution in [3.63, 3.8) is 0 Å². The highest BCUT2D eigenvalue weighted by Crippen LogP contribution is 2.12. The molecular weight excluding hydrogens is 251 g/mol. The van der Waals surface area contributed by atoms with Crippen LogP contribution in [0, 0.1) is 0 Å². The highest BCUT2D eigenvalue weighted by molar-refractivity contribution is 5.87. The Kier molecular flexibility index (Phi) is 6.33. The molecular formula is C10H14Cl2N2O2. The van der Waals surface area contributed by atoms with E-state index in [1.807, 2.05) is 6.07 Å². The Morgan fingerprint density at radius 2 is 2.19 bits per heavy atom. The van der Waals surface area contributed by atoms with Gasteiger partial charge in [0.1, 0.15) is 5.69 Å². The zero-order chi connectivity index (χ0) is 9.97. The molecule has 1 aromatic heterocycles. The van der Waals surface area contributed by atoms with Crippen molar-refractivity contribution in [3.05, 3.63) is 29.1 Å². The molecule has 0 radical (unpaired) electrons. The molecule has 0 aromatic carbocycles. The van der Waals surface area contributed by atoms with Gasteiger partial charge in [0.25, 0.3) is 0 Å². The molecule has 0 atom stereocenters. The fourth-order valence-corrected chi connectivity index (χ4v) is 1.56. The SMILES string of the molecule is COC(=O)c1ccc2c(n1)CNCC2.Cl.Cl. The quantitative estimate of drug-likeness (QED) is 0.779. The lowest BCUT2D eigenvalue weighted by Gasteiger charge is -2.15. The van der Waals surface area contributed by atoms with Crippen molar-refractivity contribution in [2.45, 2.75) is 13.0 Å². The van der Waals surface area contributed by atoms with Gasteiger partial charge in [-0.3, -0.25) is 0 Å². The number of pyridine rings is 1. The van der Waals surface area contributed by atoms with Crippen molar-refractivity contribution in [1.82, 2.24) is 10.3 Å². The first-order valence-corrected chi connectivity index (χ1v) is 4.59. The Morgan fingerprint density at radius 1 is 1.44 bits per heavy atom. The van der Waals surface area contributed by atoms with E-state index in [1.54, 1.807) is 6.07 Å². The summed E-state index contributed by atoms with van der Waals surface area (Å²) in [5.41, 5.74) is 2.56. The average molecular weight is 265 g/mol. The molecule has 2 heterocycles. The molecule has 0 spiro atoms. The average Bonchev–Trinajstić information content (AvgIpc) is 2.27. The Balaban J connectivity index is 0.00000112. The highest BCUT2D eigenvalue weighted by Gasteiger charge is 2.13. The Labute approximate surface area is 107 Å². The van der Waals surface area contributed by atoms with Crippen LogP contribution in [0.5, 0.6) is 0 Å². The Bertz CT molecular complexity index is 372. The van der Waals surface area contributed by atoms with Gasteiger partial charge >= 0.3 is 5.97 Å². The van der Waals surface area contributed by atoms with Crippen molar-refractivity contribution < 1.29 is 9.53 Å². The van der Waals surface area contributed by atoms with Gasteiger partial charge in [0, 0.05) is 6.54 Å². The number of carbonyl (C=O) groups is 1. The molecule has 0 unspecified atom stereocenters. The number of esters is 1. The van der Waals surface area contributed by atoms with Gasteiger partial charge in [-0.05, 0) is 24.6 Å². The third-order valence-corrected chi connectivity index (χ3v) is 2.33. The van der Waals surface area contributed by atoms with Gasteiger partial charge in [0.2, 0.25) is 0 Å². The fraction of sp³-hybridized carbons (Fsp3) is 0.400. The number of fused-ring (bicyclic) bond motifs is 1. The van der Waals surface area contributed by atoms with Gasteiger partial charge in [-0.2, -0.15) is 0 Å². The number of hydrogen-bond donors (Lipinski definition) is 1. The van der Waals surface area contributed by atoms with Crippen LogP contribution < -0.4 is 5.32 Å². The molecule has 1 N–H and O–H groups in total. The zero-order valence-corrected chi connectivity index (χ0v) is 10.5. The van der Waals surface area contributed by atoms with Crippen LogP contribution in [-0.2, 0) is 17.7 Å². The second-order valence-electron chi connectivity index (χ2n) is 3.22. The van der Waals surface area contributed by atoms with Gasteiger partial charge in [0.15, 0.2) is 0 Å². The number of ether oxygens (including phenoxy) is 1. The normalized spacial score (nSPS) is 12.8. The third-order valence-electron chi connectivity index (χ3n) is 2.33. The first-order chi connectivity index (χ1) is 6.81. The molecule has 1 aromatic rings. The number of nitrogens with zero attached hydrogens (tertiary/aromatic N) is 1. The molecule has 0 amide bonds. The molecule has 6 heteroatoms. The first-order valence-electron chi connectivity index (χ1n) is 4.59. The standard InChI is InChI=1S/C10H12N2O2.2ClH/c1-14-10(13)8-3-2-7-4-5-11-6-9(7)12-8;;/h2-3,11H,4-6H2,1H3;2*1H. The van der Waals surface area contributed by atoms with Crippen LogP contribution in [0.15, 0.2) is 12.1 Å². The van der Waals surface area contributed by atoms with Crippen LogP contribution in [0.4, 0.5) is 0 Å². The minimum absolute atomic E-state index is 0. The maximum absolute atomic E-state index is 11.2. The van der Waals surface area contributed by atoms with Crippen LogP contribution in [0.25, 0.3) is 0 Å². The largest absolute Gasteiger partial charge is 0.464 e. The lowest BCUT2D eigenvalue weighted by molar-refractivity contribution is 0.0593. The third kappa shape index (κ3) is 3.07. The minimum atomic E-state index is -0.377. The van der Waals surface area contributed by atoms with Crippen LogP contribution in [0.1, 0.15) is 21.7 Å². The maximum atomic E-state index is 11.2. The number of nitrogens with one attached hydrogen (secondary N) is 1. The summed E-state index contributed by atoms with van der Waals surface area (Å²) in [5, 5.41) is 3.21. The molecule has 16 heavy (non-hydrogen) atoms. The van der Waals surface area contributed by atoms with Crippen LogP contribution >= 0.6 is 24.8 Å². The molecule has 0 fully saturated rings. The van der Waals surface area contributed by atoms with Crippen LogP contribution in [0.2, 0.25) is 0 Å². The summed E-state index contributed by atoms with van der Waals surface area (Å²) in [6, 6.07) is 3.67. The maximum Gasteiger partial charge on any atom is 0.356 e. The molecule has 90 valence electrons. The van der Waals surface area contributed by atoms with Gasteiger partial charge in [-0.15, -0.1) is 24.8 Å². The van der Waals surface area contributed by atoms with E-state index in [4.69, 9.17) is 0 Å². The van der Waals surface area contributed by atoms with E-state index in [9.17, 15) is 4.79 Å². The summed E-state index contributed by atoms with van der Waals surface area (Å²) in [4.78, 5) is 15.4. The summed E-state index contributed by atoms with van der Waals surface area (Å²) >= 11 is 0. The minimum Gasteiger partial charge on any atom is -0.464 e. The summed E-state index contributed by atoms with van der Waals surface area (Å²) in [7, 11) is 1.36. The number of methoxy groups -OCH3 is 1. The van der Waals surface area contributed by atoms with Gasteiger partial charge in [0.05, 0.1) is 12.8 Å². The van der Waals surface area contributed by atoms with Crippen molar-refractivity contribution in [2.24, 2.45) is 0 Å². The fourth-order valence-electron chi connectivity index (χ4n) is 1.56. The van der Waals surface area contributed by atoms with E-state index in [1.165, 1.54) is 12.7 Å². The van der Waals surface area contributed by atoms with E-state index in [0.29, 0.717) is 5.69 Å². The Hall–Kier alpha value is -0.840. The first kappa shape index (κ1) is 15.2. The van der Waals surface area contributed by atoms with Gasteiger partial charge < -0.3 is 10.1 Å². The van der Waals surface area contributed by atoms with E-state index in [-0.39, 0.29) is 30.8 Å². The monoisotopic (exact) mass is 264 g/mol. The van der Waals surface area contributed by atoms with Crippen molar-refractivity contribution in [2.75, 3.05) is 13.7 Å². The lowest BCUT2D eigenvalue weighted by Crippen LogP contribution is -2.25. The second-order valence-corrected chi connectivity index (χ2v) is 3.22. The summed E-state index contributed by atoms with van der Waals surface area (Å²) in [6.45, 7) is 1.71. The molecule has 1 aliphatic rings. The zero-order valence-electron chi connectivity index (χ0n) is 8.86.